The maximum atomic E-state index is 12.4. The average Bonchev–Trinajstić information content (AvgIpc) is 3.10. The van der Waals surface area contributed by atoms with E-state index in [2.05, 4.69) is 15.3 Å². The van der Waals surface area contributed by atoms with Gasteiger partial charge in [0, 0.05) is 5.75 Å². The molecule has 0 aliphatic carbocycles. The highest BCUT2D eigenvalue weighted by Crippen LogP contribution is 2.37. The summed E-state index contributed by atoms with van der Waals surface area (Å²) in [5.74, 6) is -1.65. The van der Waals surface area contributed by atoms with Gasteiger partial charge in [0.05, 0.1) is 6.26 Å². The number of carboxylic acid groups (broad SMARTS) is 1. The summed E-state index contributed by atoms with van der Waals surface area (Å²) >= 11 is 1.37. The van der Waals surface area contributed by atoms with E-state index < -0.39 is 29.2 Å². The Morgan fingerprint density at radius 3 is 2.96 bits per heavy atom. The molecule has 10 heteroatoms. The Kier molecular flexibility index (Phi) is 4.30. The topological polar surface area (TPSA) is 121 Å². The quantitative estimate of drug-likeness (QED) is 0.435. The van der Waals surface area contributed by atoms with Gasteiger partial charge < -0.3 is 19.7 Å². The maximum absolute atomic E-state index is 12.4. The van der Waals surface area contributed by atoms with Crippen LogP contribution in [0.1, 0.15) is 5.76 Å². The number of thioether (sulfide) groups is 1. The van der Waals surface area contributed by atoms with Crippen LogP contribution in [0.4, 0.5) is 0 Å². The largest absolute Gasteiger partial charge is 0.477 e. The van der Waals surface area contributed by atoms with Gasteiger partial charge in [0.1, 0.15) is 24.2 Å². The number of aliphatic carboxylic acids is 1. The van der Waals surface area contributed by atoms with Crippen LogP contribution in [0.25, 0.3) is 0 Å². The molecule has 2 N–H and O–H groups in total. The number of rotatable bonds is 5. The summed E-state index contributed by atoms with van der Waals surface area (Å²) < 4.78 is 5.13. The molecule has 2 atom stereocenters. The molecule has 0 radical (unpaired) electrons. The van der Waals surface area contributed by atoms with Crippen LogP contribution in [0.15, 0.2) is 39.7 Å². The van der Waals surface area contributed by atoms with E-state index in [0.717, 1.165) is 0 Å². The molecule has 0 spiro atoms. The van der Waals surface area contributed by atoms with Gasteiger partial charge in [-0.25, -0.2) is 4.79 Å². The van der Waals surface area contributed by atoms with Crippen LogP contribution in [-0.4, -0.2) is 57.8 Å². The van der Waals surface area contributed by atoms with E-state index in [-0.39, 0.29) is 17.2 Å². The fraction of sp³-hybridized carbons (Fsp3) is 0.286. The number of β-lactam (4-membered cyclic amide) rings is 1. The summed E-state index contributed by atoms with van der Waals surface area (Å²) in [5, 5.41) is 14.8. The second-order valence-electron chi connectivity index (χ2n) is 4.88. The molecule has 0 aromatic carbocycles. The molecule has 24 heavy (non-hydrogen) atoms. The summed E-state index contributed by atoms with van der Waals surface area (Å²) in [5.41, 5.74) is -0.172. The van der Waals surface area contributed by atoms with Crippen LogP contribution < -0.4 is 5.32 Å². The lowest BCUT2D eigenvalue weighted by molar-refractivity contribution is -0.150. The molecule has 3 heterocycles. The van der Waals surface area contributed by atoms with Crippen LogP contribution >= 0.6 is 11.8 Å². The number of nitrogens with one attached hydrogen (secondary N) is 1. The number of oxime groups is 1. The number of amides is 2. The molecule has 1 saturated heterocycles. The van der Waals surface area contributed by atoms with Gasteiger partial charge in [0.15, 0.2) is 5.76 Å². The zero-order valence-corrected chi connectivity index (χ0v) is 13.3. The summed E-state index contributed by atoms with van der Waals surface area (Å²) in [6.45, 7) is 0. The van der Waals surface area contributed by atoms with Crippen molar-refractivity contribution in [1.82, 2.24) is 10.2 Å². The Bertz CT molecular complexity index is 742. The number of hydrogen-bond donors (Lipinski definition) is 2. The molecule has 1 fully saturated rings. The van der Waals surface area contributed by atoms with Gasteiger partial charge in [-0.1, -0.05) is 5.16 Å². The Labute approximate surface area is 140 Å². The van der Waals surface area contributed by atoms with E-state index in [1.807, 2.05) is 0 Å². The van der Waals surface area contributed by atoms with E-state index in [1.54, 1.807) is 6.07 Å². The molecule has 1 aromatic heterocycles. The predicted octanol–water partition coefficient (Wildman–Crippen LogP) is -0.00150. The average molecular weight is 351 g/mol. The lowest BCUT2D eigenvalue weighted by atomic mass is 10.0. The van der Waals surface area contributed by atoms with Crippen molar-refractivity contribution in [2.75, 3.05) is 12.9 Å². The van der Waals surface area contributed by atoms with Crippen LogP contribution in [0.2, 0.25) is 0 Å². The van der Waals surface area contributed by atoms with Crippen molar-refractivity contribution in [3.63, 3.8) is 0 Å². The molecule has 0 saturated carbocycles. The van der Waals surface area contributed by atoms with Crippen LogP contribution in [0.5, 0.6) is 0 Å². The summed E-state index contributed by atoms with van der Waals surface area (Å²) in [6, 6.07) is 2.29. The first-order chi connectivity index (χ1) is 11.5. The van der Waals surface area contributed by atoms with Gasteiger partial charge in [-0.15, -0.1) is 11.8 Å². The second-order valence-corrected chi connectivity index (χ2v) is 6.03. The van der Waals surface area contributed by atoms with Gasteiger partial charge in [-0.3, -0.25) is 14.5 Å². The lowest BCUT2D eigenvalue weighted by Crippen LogP contribution is -2.70. The number of nitrogens with zero attached hydrogens (tertiary/aromatic N) is 2. The minimum absolute atomic E-state index is 0.0638. The molecular formula is C14H13N3O6S. The third-order valence-electron chi connectivity index (χ3n) is 3.50. The van der Waals surface area contributed by atoms with E-state index in [1.165, 1.54) is 42.2 Å². The normalized spacial score (nSPS) is 23.0. The first-order valence-corrected chi connectivity index (χ1v) is 7.93. The van der Waals surface area contributed by atoms with E-state index in [0.29, 0.717) is 5.75 Å². The van der Waals surface area contributed by atoms with Gasteiger partial charge in [0.2, 0.25) is 5.71 Å². The zero-order chi connectivity index (χ0) is 17.3. The molecule has 0 unspecified atom stereocenters. The molecule has 126 valence electrons. The molecule has 0 bridgehead atoms. The summed E-state index contributed by atoms with van der Waals surface area (Å²) in [7, 11) is 1.29. The first kappa shape index (κ1) is 16.1. The van der Waals surface area contributed by atoms with Crippen molar-refractivity contribution in [1.29, 1.82) is 0 Å². The number of carboxylic acids is 1. The van der Waals surface area contributed by atoms with Crippen molar-refractivity contribution in [2.45, 2.75) is 11.4 Å². The fourth-order valence-corrected chi connectivity index (χ4v) is 3.65. The van der Waals surface area contributed by atoms with Crippen molar-refractivity contribution in [2.24, 2.45) is 5.16 Å². The Morgan fingerprint density at radius 1 is 1.54 bits per heavy atom. The molecule has 2 amide bonds. The fourth-order valence-electron chi connectivity index (χ4n) is 2.45. The SMILES string of the molecule is CO/N=C(\C(=O)N[C@@H]1C(=O)N2C(C(=O)O)=CCS[C@H]12)c1ccco1. The molecule has 3 rings (SSSR count). The number of carbonyl (C=O) groups is 3. The first-order valence-electron chi connectivity index (χ1n) is 6.88. The molecule has 1 aromatic rings. The van der Waals surface area contributed by atoms with Gasteiger partial charge in [-0.05, 0) is 18.2 Å². The lowest BCUT2D eigenvalue weighted by Gasteiger charge is -2.48. The second kappa shape index (κ2) is 6.40. The Balaban J connectivity index is 1.74. The number of hydrogen-bond acceptors (Lipinski definition) is 7. The van der Waals surface area contributed by atoms with Gasteiger partial charge in [0.25, 0.3) is 11.8 Å². The number of furan rings is 1. The summed E-state index contributed by atoms with van der Waals surface area (Å²) in [4.78, 5) is 41.6. The van der Waals surface area contributed by atoms with Gasteiger partial charge >= 0.3 is 5.97 Å². The highest BCUT2D eigenvalue weighted by atomic mass is 32.2. The number of carbonyl (C=O) groups excluding carboxylic acids is 2. The standard InChI is InChI=1S/C14H13N3O6S/c1-22-16-9(8-3-2-5-23-8)11(18)15-10-12(19)17-7(14(20)21)4-6-24-13(10)17/h2-5,10,13H,6H2,1H3,(H,15,18)(H,20,21)/b16-9-/t10-,13-/m1/s1. The summed E-state index contributed by atoms with van der Waals surface area (Å²) in [6.07, 6.45) is 2.85. The van der Waals surface area contributed by atoms with E-state index in [4.69, 9.17) is 9.52 Å². The van der Waals surface area contributed by atoms with Gasteiger partial charge in [-0.2, -0.15) is 0 Å². The third kappa shape index (κ3) is 2.64. The number of fused-ring (bicyclic) bond motifs is 1. The smallest absolute Gasteiger partial charge is 0.352 e. The predicted molar refractivity (Wildman–Crippen MR) is 83.0 cm³/mol. The minimum atomic E-state index is -1.17. The van der Waals surface area contributed by atoms with Crippen LogP contribution in [0.3, 0.4) is 0 Å². The van der Waals surface area contributed by atoms with Crippen LogP contribution in [0, 0.1) is 0 Å². The van der Waals surface area contributed by atoms with Crippen molar-refractivity contribution < 1.29 is 28.7 Å². The highest BCUT2D eigenvalue weighted by Gasteiger charge is 2.53. The zero-order valence-electron chi connectivity index (χ0n) is 12.5. The third-order valence-corrected chi connectivity index (χ3v) is 4.69. The maximum Gasteiger partial charge on any atom is 0.352 e. The highest BCUT2D eigenvalue weighted by molar-refractivity contribution is 8.00. The van der Waals surface area contributed by atoms with Crippen molar-refractivity contribution in [3.8, 4) is 0 Å². The van der Waals surface area contributed by atoms with Crippen molar-refractivity contribution in [3.05, 3.63) is 35.9 Å². The minimum Gasteiger partial charge on any atom is -0.477 e. The Hall–Kier alpha value is -2.75. The molecule has 2 aliphatic heterocycles. The molecule has 2 aliphatic rings. The van der Waals surface area contributed by atoms with Crippen LogP contribution in [-0.2, 0) is 19.2 Å². The molecular weight excluding hydrogens is 338 g/mol. The van der Waals surface area contributed by atoms with Crippen molar-refractivity contribution >= 4 is 35.3 Å². The Morgan fingerprint density at radius 2 is 2.33 bits per heavy atom. The monoisotopic (exact) mass is 351 g/mol. The van der Waals surface area contributed by atoms with E-state index in [9.17, 15) is 14.4 Å². The van der Waals surface area contributed by atoms with E-state index >= 15 is 0 Å². The molecule has 9 nitrogen and oxygen atoms in total.